The molecule has 3 aromatic rings. The zero-order chi connectivity index (χ0) is 20.1. The summed E-state index contributed by atoms with van der Waals surface area (Å²) in [6.07, 6.45) is 0.0732. The molecule has 0 bridgehead atoms. The van der Waals surface area contributed by atoms with E-state index < -0.39 is 0 Å². The van der Waals surface area contributed by atoms with Gasteiger partial charge < -0.3 is 10.2 Å². The Labute approximate surface area is 161 Å². The summed E-state index contributed by atoms with van der Waals surface area (Å²) >= 11 is 0. The number of aryl methyl sites for hydroxylation is 1. The third kappa shape index (κ3) is 4.40. The summed E-state index contributed by atoms with van der Waals surface area (Å²) in [5.74, 6) is -0.310. The van der Waals surface area contributed by atoms with Crippen LogP contribution in [0.15, 0.2) is 53.3 Å². The number of aromatic nitrogens is 3. The second-order valence-corrected chi connectivity index (χ2v) is 6.47. The van der Waals surface area contributed by atoms with Crippen molar-refractivity contribution < 1.29 is 9.59 Å². The van der Waals surface area contributed by atoms with Crippen molar-refractivity contribution in [2.75, 3.05) is 12.4 Å². The fraction of sp³-hybridized carbons (Fsp3) is 0.250. The average molecular weight is 379 g/mol. The van der Waals surface area contributed by atoms with E-state index in [1.807, 2.05) is 18.2 Å². The molecule has 8 nitrogen and oxygen atoms in total. The highest BCUT2D eigenvalue weighted by molar-refractivity contribution is 5.91. The van der Waals surface area contributed by atoms with Crippen LogP contribution in [0.25, 0.3) is 10.9 Å². The van der Waals surface area contributed by atoms with Gasteiger partial charge >= 0.3 is 0 Å². The minimum Gasteiger partial charge on any atom is -0.342 e. The molecule has 3 rings (SSSR count). The SMILES string of the molecule is CC(=O)N(C)Cc1ccccc1NC(=O)CCn1nnc2ccccc2c1=O. The van der Waals surface area contributed by atoms with Gasteiger partial charge in [0, 0.05) is 32.6 Å². The number of amides is 2. The number of para-hydroxylation sites is 1. The molecule has 0 unspecified atom stereocenters. The third-order valence-electron chi connectivity index (χ3n) is 4.42. The monoisotopic (exact) mass is 379 g/mol. The molecule has 0 saturated carbocycles. The molecule has 1 aromatic heterocycles. The highest BCUT2D eigenvalue weighted by Gasteiger charge is 2.11. The lowest BCUT2D eigenvalue weighted by atomic mass is 10.1. The first-order chi connectivity index (χ1) is 13.5. The predicted molar refractivity (Wildman–Crippen MR) is 106 cm³/mol. The summed E-state index contributed by atoms with van der Waals surface area (Å²) in [5, 5.41) is 11.2. The average Bonchev–Trinajstić information content (AvgIpc) is 2.69. The number of carbonyl (C=O) groups excluding carboxylic acids is 2. The molecule has 144 valence electrons. The quantitative estimate of drug-likeness (QED) is 0.704. The molecular weight excluding hydrogens is 358 g/mol. The summed E-state index contributed by atoms with van der Waals surface area (Å²) in [7, 11) is 1.70. The van der Waals surface area contributed by atoms with Gasteiger partial charge in [0.15, 0.2) is 0 Å². The van der Waals surface area contributed by atoms with E-state index in [0.717, 1.165) is 5.56 Å². The van der Waals surface area contributed by atoms with Gasteiger partial charge in [0.25, 0.3) is 5.56 Å². The van der Waals surface area contributed by atoms with E-state index in [2.05, 4.69) is 15.6 Å². The highest BCUT2D eigenvalue weighted by Crippen LogP contribution is 2.17. The summed E-state index contributed by atoms with van der Waals surface area (Å²) in [6, 6.07) is 14.3. The number of anilines is 1. The molecule has 2 amide bonds. The van der Waals surface area contributed by atoms with Crippen LogP contribution in [-0.4, -0.2) is 38.8 Å². The fourth-order valence-corrected chi connectivity index (χ4v) is 2.74. The lowest BCUT2D eigenvalue weighted by Gasteiger charge is -2.18. The molecule has 0 fully saturated rings. The van der Waals surface area contributed by atoms with Gasteiger partial charge in [-0.05, 0) is 23.8 Å². The minimum atomic E-state index is -0.276. The van der Waals surface area contributed by atoms with E-state index in [4.69, 9.17) is 0 Å². The molecule has 8 heteroatoms. The van der Waals surface area contributed by atoms with Crippen LogP contribution in [0.3, 0.4) is 0 Å². The Hall–Kier alpha value is -3.55. The molecule has 28 heavy (non-hydrogen) atoms. The Bertz CT molecular complexity index is 1080. The molecule has 0 spiro atoms. The zero-order valence-corrected chi connectivity index (χ0v) is 15.8. The van der Waals surface area contributed by atoms with Crippen molar-refractivity contribution >= 4 is 28.4 Å². The molecule has 0 radical (unpaired) electrons. The Balaban J connectivity index is 1.68. The fourth-order valence-electron chi connectivity index (χ4n) is 2.74. The lowest BCUT2D eigenvalue weighted by molar-refractivity contribution is -0.128. The van der Waals surface area contributed by atoms with Gasteiger partial charge in [0.05, 0.1) is 11.9 Å². The second kappa shape index (κ2) is 8.43. The first-order valence-electron chi connectivity index (χ1n) is 8.87. The number of hydrogen-bond donors (Lipinski definition) is 1. The second-order valence-electron chi connectivity index (χ2n) is 6.47. The number of nitrogens with zero attached hydrogens (tertiary/aromatic N) is 4. The zero-order valence-electron chi connectivity index (χ0n) is 15.8. The smallest absolute Gasteiger partial charge is 0.277 e. The Kier molecular flexibility index (Phi) is 5.78. The van der Waals surface area contributed by atoms with E-state index in [1.165, 1.54) is 11.6 Å². The summed E-state index contributed by atoms with van der Waals surface area (Å²) in [6.45, 7) is 2.00. The van der Waals surface area contributed by atoms with Crippen molar-refractivity contribution in [2.45, 2.75) is 26.4 Å². The first kappa shape index (κ1) is 19.2. The maximum atomic E-state index is 12.4. The van der Waals surface area contributed by atoms with Crippen LogP contribution in [0.2, 0.25) is 0 Å². The van der Waals surface area contributed by atoms with Crippen molar-refractivity contribution in [3.63, 3.8) is 0 Å². The van der Waals surface area contributed by atoms with Gasteiger partial charge in [0.2, 0.25) is 11.8 Å². The van der Waals surface area contributed by atoms with Gasteiger partial charge in [-0.1, -0.05) is 35.5 Å². The number of benzene rings is 2. The predicted octanol–water partition coefficient (Wildman–Crippen LogP) is 1.80. The Morgan fingerprint density at radius 3 is 2.61 bits per heavy atom. The van der Waals surface area contributed by atoms with Crippen LogP contribution in [-0.2, 0) is 22.7 Å². The maximum absolute atomic E-state index is 12.4. The van der Waals surface area contributed by atoms with E-state index in [1.54, 1.807) is 42.3 Å². The van der Waals surface area contributed by atoms with E-state index >= 15 is 0 Å². The van der Waals surface area contributed by atoms with Crippen LogP contribution in [0.4, 0.5) is 5.69 Å². The van der Waals surface area contributed by atoms with Crippen molar-refractivity contribution in [1.82, 2.24) is 19.9 Å². The lowest BCUT2D eigenvalue weighted by Crippen LogP contribution is -2.27. The van der Waals surface area contributed by atoms with Crippen LogP contribution in [0, 0.1) is 0 Å². The Morgan fingerprint density at radius 1 is 1.11 bits per heavy atom. The van der Waals surface area contributed by atoms with Gasteiger partial charge in [-0.3, -0.25) is 14.4 Å². The standard InChI is InChI=1S/C20H21N5O3/c1-14(26)24(2)13-15-7-3-5-9-17(15)21-19(27)11-12-25-20(28)16-8-4-6-10-18(16)22-23-25/h3-10H,11-13H2,1-2H3,(H,21,27). The van der Waals surface area contributed by atoms with Crippen LogP contribution in [0.5, 0.6) is 0 Å². The van der Waals surface area contributed by atoms with Gasteiger partial charge in [-0.15, -0.1) is 5.10 Å². The molecule has 0 aliphatic heterocycles. The van der Waals surface area contributed by atoms with Crippen molar-refractivity contribution in [1.29, 1.82) is 0 Å². The molecule has 1 heterocycles. The number of nitrogens with one attached hydrogen (secondary N) is 1. The summed E-state index contributed by atoms with van der Waals surface area (Å²) < 4.78 is 1.19. The summed E-state index contributed by atoms with van der Waals surface area (Å²) in [5.41, 5.74) is 1.72. The highest BCUT2D eigenvalue weighted by atomic mass is 16.2. The van der Waals surface area contributed by atoms with Crippen LogP contribution >= 0.6 is 0 Å². The maximum Gasteiger partial charge on any atom is 0.277 e. The number of fused-ring (bicyclic) bond motifs is 1. The van der Waals surface area contributed by atoms with Crippen molar-refractivity contribution in [3.8, 4) is 0 Å². The van der Waals surface area contributed by atoms with Crippen molar-refractivity contribution in [3.05, 3.63) is 64.4 Å². The van der Waals surface area contributed by atoms with E-state index in [-0.39, 0.29) is 30.3 Å². The molecule has 0 saturated heterocycles. The number of carbonyl (C=O) groups is 2. The van der Waals surface area contributed by atoms with Crippen LogP contribution in [0.1, 0.15) is 18.9 Å². The Morgan fingerprint density at radius 2 is 1.82 bits per heavy atom. The molecule has 1 N–H and O–H groups in total. The first-order valence-corrected chi connectivity index (χ1v) is 8.87. The van der Waals surface area contributed by atoms with Gasteiger partial charge in [0.1, 0.15) is 5.52 Å². The molecular formula is C20H21N5O3. The van der Waals surface area contributed by atoms with E-state index in [0.29, 0.717) is 23.1 Å². The van der Waals surface area contributed by atoms with Crippen molar-refractivity contribution in [2.24, 2.45) is 0 Å². The minimum absolute atomic E-state index is 0.0598. The number of rotatable bonds is 6. The topological polar surface area (TPSA) is 97.2 Å². The number of hydrogen-bond acceptors (Lipinski definition) is 5. The molecule has 0 aliphatic rings. The summed E-state index contributed by atoms with van der Waals surface area (Å²) in [4.78, 5) is 37.8. The van der Waals surface area contributed by atoms with Gasteiger partial charge in [-0.25, -0.2) is 4.68 Å². The molecule has 0 aliphatic carbocycles. The van der Waals surface area contributed by atoms with Crippen LogP contribution < -0.4 is 10.9 Å². The third-order valence-corrected chi connectivity index (χ3v) is 4.42. The molecule has 0 atom stereocenters. The molecule has 2 aromatic carbocycles. The van der Waals surface area contributed by atoms with E-state index in [9.17, 15) is 14.4 Å². The van der Waals surface area contributed by atoms with Gasteiger partial charge in [-0.2, -0.15) is 0 Å². The largest absolute Gasteiger partial charge is 0.342 e. The normalized spacial score (nSPS) is 10.6.